The molecule has 2 aromatic carbocycles. The maximum absolute atomic E-state index is 5.63. The predicted octanol–water partition coefficient (Wildman–Crippen LogP) is 3.76. The van der Waals surface area contributed by atoms with Crippen molar-refractivity contribution in [2.75, 3.05) is 30.9 Å². The molecular formula is C17H22N2O. The summed E-state index contributed by atoms with van der Waals surface area (Å²) in [4.78, 5) is 2.09. The molecule has 0 unspecified atom stereocenters. The van der Waals surface area contributed by atoms with Crippen LogP contribution in [0.15, 0.2) is 48.5 Å². The third-order valence-corrected chi connectivity index (χ3v) is 3.14. The summed E-state index contributed by atoms with van der Waals surface area (Å²) in [6.45, 7) is 3.45. The van der Waals surface area contributed by atoms with Gasteiger partial charge in [0, 0.05) is 37.6 Å². The molecule has 0 amide bonds. The summed E-state index contributed by atoms with van der Waals surface area (Å²) in [7, 11) is 4.08. The van der Waals surface area contributed by atoms with Crippen molar-refractivity contribution >= 4 is 11.4 Å². The van der Waals surface area contributed by atoms with Crippen LogP contribution in [0.3, 0.4) is 0 Å². The quantitative estimate of drug-likeness (QED) is 0.865. The van der Waals surface area contributed by atoms with Crippen LogP contribution < -0.4 is 15.0 Å². The Hall–Kier alpha value is -2.16. The molecule has 2 rings (SSSR count). The minimum absolute atomic E-state index is 0.689. The van der Waals surface area contributed by atoms with E-state index < -0.39 is 0 Å². The average molecular weight is 270 g/mol. The molecule has 0 saturated heterocycles. The van der Waals surface area contributed by atoms with Crippen LogP contribution in [-0.4, -0.2) is 20.7 Å². The monoisotopic (exact) mass is 270 g/mol. The largest absolute Gasteiger partial charge is 0.494 e. The van der Waals surface area contributed by atoms with Crippen LogP contribution in [0.2, 0.25) is 0 Å². The first-order valence-corrected chi connectivity index (χ1v) is 6.92. The topological polar surface area (TPSA) is 24.5 Å². The van der Waals surface area contributed by atoms with Gasteiger partial charge in [0.25, 0.3) is 0 Å². The molecule has 0 atom stereocenters. The van der Waals surface area contributed by atoms with Crippen molar-refractivity contribution in [3.8, 4) is 5.75 Å². The number of para-hydroxylation sites is 1. The maximum atomic E-state index is 5.63. The molecule has 106 valence electrons. The first-order valence-electron chi connectivity index (χ1n) is 6.92. The summed E-state index contributed by atoms with van der Waals surface area (Å²) < 4.78 is 5.63. The highest BCUT2D eigenvalue weighted by Gasteiger charge is 2.02. The molecule has 0 saturated carbocycles. The SMILES string of the molecule is CCOc1ccccc1CNc1ccc(N(C)C)cc1. The van der Waals surface area contributed by atoms with E-state index >= 15 is 0 Å². The van der Waals surface area contributed by atoms with E-state index in [0.29, 0.717) is 6.61 Å². The van der Waals surface area contributed by atoms with Gasteiger partial charge in [-0.1, -0.05) is 18.2 Å². The van der Waals surface area contributed by atoms with Gasteiger partial charge >= 0.3 is 0 Å². The van der Waals surface area contributed by atoms with Crippen molar-refractivity contribution in [2.45, 2.75) is 13.5 Å². The minimum atomic E-state index is 0.689. The predicted molar refractivity (Wildman–Crippen MR) is 85.7 cm³/mol. The summed E-state index contributed by atoms with van der Waals surface area (Å²) in [5.41, 5.74) is 3.48. The average Bonchev–Trinajstić information content (AvgIpc) is 2.47. The van der Waals surface area contributed by atoms with Crippen molar-refractivity contribution in [3.63, 3.8) is 0 Å². The van der Waals surface area contributed by atoms with E-state index in [2.05, 4.69) is 40.5 Å². The summed E-state index contributed by atoms with van der Waals surface area (Å²) in [5, 5.41) is 3.43. The normalized spacial score (nSPS) is 10.2. The summed E-state index contributed by atoms with van der Waals surface area (Å²) in [6.07, 6.45) is 0. The first kappa shape index (κ1) is 14.3. The molecule has 0 spiro atoms. The van der Waals surface area contributed by atoms with E-state index in [1.54, 1.807) is 0 Å². The molecule has 0 aliphatic rings. The van der Waals surface area contributed by atoms with Gasteiger partial charge in [-0.15, -0.1) is 0 Å². The van der Waals surface area contributed by atoms with Gasteiger partial charge < -0.3 is 15.0 Å². The number of nitrogens with zero attached hydrogens (tertiary/aromatic N) is 1. The summed E-state index contributed by atoms with van der Waals surface area (Å²) in [5.74, 6) is 0.951. The third kappa shape index (κ3) is 3.67. The number of hydrogen-bond acceptors (Lipinski definition) is 3. The fourth-order valence-electron chi connectivity index (χ4n) is 2.02. The number of benzene rings is 2. The zero-order valence-electron chi connectivity index (χ0n) is 12.4. The standard InChI is InChI=1S/C17H22N2O/c1-4-20-17-8-6-5-7-14(17)13-18-15-9-11-16(12-10-15)19(2)3/h5-12,18H,4,13H2,1-3H3. The smallest absolute Gasteiger partial charge is 0.124 e. The summed E-state index contributed by atoms with van der Waals surface area (Å²) in [6, 6.07) is 16.5. The van der Waals surface area contributed by atoms with Crippen LogP contribution in [0.1, 0.15) is 12.5 Å². The van der Waals surface area contributed by atoms with Gasteiger partial charge in [0.2, 0.25) is 0 Å². The van der Waals surface area contributed by atoms with Gasteiger partial charge in [-0.3, -0.25) is 0 Å². The molecule has 20 heavy (non-hydrogen) atoms. The number of rotatable bonds is 6. The number of anilines is 2. The van der Waals surface area contributed by atoms with Crippen LogP contribution in [-0.2, 0) is 6.54 Å². The van der Waals surface area contributed by atoms with Gasteiger partial charge in [-0.2, -0.15) is 0 Å². The van der Waals surface area contributed by atoms with E-state index in [4.69, 9.17) is 4.74 Å². The molecule has 1 N–H and O–H groups in total. The van der Waals surface area contributed by atoms with Crippen molar-refractivity contribution in [3.05, 3.63) is 54.1 Å². The lowest BCUT2D eigenvalue weighted by atomic mass is 10.2. The molecule has 0 aliphatic carbocycles. The van der Waals surface area contributed by atoms with Crippen LogP contribution >= 0.6 is 0 Å². The number of hydrogen-bond donors (Lipinski definition) is 1. The van der Waals surface area contributed by atoms with Gasteiger partial charge in [-0.25, -0.2) is 0 Å². The zero-order valence-corrected chi connectivity index (χ0v) is 12.4. The lowest BCUT2D eigenvalue weighted by Crippen LogP contribution is -2.08. The van der Waals surface area contributed by atoms with E-state index in [0.717, 1.165) is 18.0 Å². The van der Waals surface area contributed by atoms with Crippen molar-refractivity contribution in [2.24, 2.45) is 0 Å². The number of ether oxygens (including phenoxy) is 1. The molecule has 0 radical (unpaired) electrons. The molecule has 0 heterocycles. The minimum Gasteiger partial charge on any atom is -0.494 e. The van der Waals surface area contributed by atoms with Crippen LogP contribution in [0.4, 0.5) is 11.4 Å². The fraction of sp³-hybridized carbons (Fsp3) is 0.294. The van der Waals surface area contributed by atoms with Crippen LogP contribution in [0, 0.1) is 0 Å². The highest BCUT2D eigenvalue weighted by atomic mass is 16.5. The second-order valence-electron chi connectivity index (χ2n) is 4.84. The molecule has 0 fully saturated rings. The lowest BCUT2D eigenvalue weighted by molar-refractivity contribution is 0.337. The third-order valence-electron chi connectivity index (χ3n) is 3.14. The zero-order chi connectivity index (χ0) is 14.4. The Labute approximate surface area is 121 Å². The van der Waals surface area contributed by atoms with E-state index in [1.807, 2.05) is 39.2 Å². The molecule has 3 heteroatoms. The Morgan fingerprint density at radius 2 is 1.70 bits per heavy atom. The molecule has 2 aromatic rings. The van der Waals surface area contributed by atoms with Crippen LogP contribution in [0.5, 0.6) is 5.75 Å². The van der Waals surface area contributed by atoms with E-state index in [1.165, 1.54) is 11.3 Å². The highest BCUT2D eigenvalue weighted by molar-refractivity contribution is 5.54. The second-order valence-corrected chi connectivity index (χ2v) is 4.84. The van der Waals surface area contributed by atoms with Crippen molar-refractivity contribution in [1.82, 2.24) is 0 Å². The fourth-order valence-corrected chi connectivity index (χ4v) is 2.02. The summed E-state index contributed by atoms with van der Waals surface area (Å²) >= 11 is 0. The van der Waals surface area contributed by atoms with E-state index in [-0.39, 0.29) is 0 Å². The number of nitrogens with one attached hydrogen (secondary N) is 1. The Morgan fingerprint density at radius 3 is 2.35 bits per heavy atom. The Kier molecular flexibility index (Phi) is 4.88. The Morgan fingerprint density at radius 1 is 1.00 bits per heavy atom. The van der Waals surface area contributed by atoms with Crippen LogP contribution in [0.25, 0.3) is 0 Å². The van der Waals surface area contributed by atoms with Gasteiger partial charge in [-0.05, 0) is 37.3 Å². The molecule has 0 bridgehead atoms. The second kappa shape index (κ2) is 6.85. The van der Waals surface area contributed by atoms with E-state index in [9.17, 15) is 0 Å². The molecule has 0 aliphatic heterocycles. The maximum Gasteiger partial charge on any atom is 0.124 e. The Bertz CT molecular complexity index is 535. The van der Waals surface area contributed by atoms with Gasteiger partial charge in [0.15, 0.2) is 0 Å². The van der Waals surface area contributed by atoms with Crippen molar-refractivity contribution < 1.29 is 4.74 Å². The first-order chi connectivity index (χ1) is 9.70. The molecule has 3 nitrogen and oxygen atoms in total. The van der Waals surface area contributed by atoms with Gasteiger partial charge in [0.1, 0.15) is 5.75 Å². The van der Waals surface area contributed by atoms with Crippen molar-refractivity contribution in [1.29, 1.82) is 0 Å². The van der Waals surface area contributed by atoms with Gasteiger partial charge in [0.05, 0.1) is 6.61 Å². The Balaban J connectivity index is 2.01. The molecular weight excluding hydrogens is 248 g/mol. The lowest BCUT2D eigenvalue weighted by Gasteiger charge is -2.14. The highest BCUT2D eigenvalue weighted by Crippen LogP contribution is 2.21. The molecule has 0 aromatic heterocycles.